The van der Waals surface area contributed by atoms with Crippen LogP contribution in [0.15, 0.2) is 34.6 Å². The largest absolute Gasteiger partial charge is 0.324 e. The summed E-state index contributed by atoms with van der Waals surface area (Å²) in [6, 6.07) is 5.92. The van der Waals surface area contributed by atoms with Gasteiger partial charge < -0.3 is 5.32 Å². The number of nitrogens with zero attached hydrogens (tertiary/aromatic N) is 2. The summed E-state index contributed by atoms with van der Waals surface area (Å²) >= 11 is 2.80. The van der Waals surface area contributed by atoms with Gasteiger partial charge in [-0.25, -0.2) is 14.4 Å². The molecule has 24 heavy (non-hydrogen) atoms. The molecule has 2 heterocycles. The molecule has 1 aliphatic heterocycles. The molecular weight excluding hydrogens is 349 g/mol. The van der Waals surface area contributed by atoms with Crippen molar-refractivity contribution in [2.45, 2.75) is 25.0 Å². The Morgan fingerprint density at radius 2 is 2.17 bits per heavy atom. The van der Waals surface area contributed by atoms with Crippen LogP contribution >= 0.6 is 23.1 Å². The van der Waals surface area contributed by atoms with E-state index in [-0.39, 0.29) is 18.0 Å². The Balaban J connectivity index is 1.56. The highest BCUT2D eigenvalue weighted by Gasteiger charge is 2.30. The lowest BCUT2D eigenvalue weighted by Crippen LogP contribution is -2.21. The van der Waals surface area contributed by atoms with Crippen molar-refractivity contribution < 1.29 is 14.0 Å². The number of thiazole rings is 1. The highest BCUT2D eigenvalue weighted by Crippen LogP contribution is 2.28. The molecule has 1 N–H and O–H groups in total. The molecule has 0 fully saturated rings. The molecule has 2 aromatic rings. The first-order valence-electron chi connectivity index (χ1n) is 7.24. The summed E-state index contributed by atoms with van der Waals surface area (Å²) in [4.78, 5) is 32.3. The summed E-state index contributed by atoms with van der Waals surface area (Å²) in [6.07, 6.45) is 0.460. The Hall–Kier alpha value is -2.06. The summed E-state index contributed by atoms with van der Waals surface area (Å²) in [6.45, 7) is 1.91. The van der Waals surface area contributed by atoms with Crippen molar-refractivity contribution in [3.05, 3.63) is 46.2 Å². The van der Waals surface area contributed by atoms with Crippen molar-refractivity contribution >= 4 is 45.6 Å². The van der Waals surface area contributed by atoms with E-state index in [4.69, 9.17) is 0 Å². The summed E-state index contributed by atoms with van der Waals surface area (Å²) in [5, 5.41) is 5.42. The van der Waals surface area contributed by atoms with Crippen LogP contribution in [-0.2, 0) is 16.0 Å². The number of para-hydroxylation sites is 1. The van der Waals surface area contributed by atoms with Crippen molar-refractivity contribution in [2.75, 3.05) is 5.32 Å². The number of rotatable bonds is 5. The minimum absolute atomic E-state index is 0.0399. The number of aliphatic imine (C=N–C) groups is 1. The molecule has 8 heteroatoms. The number of thioether (sulfide) groups is 1. The lowest BCUT2D eigenvalue weighted by molar-refractivity contribution is -0.121. The first-order valence-corrected chi connectivity index (χ1v) is 9.00. The van der Waals surface area contributed by atoms with Crippen LogP contribution in [0.1, 0.15) is 17.1 Å². The molecule has 3 rings (SSSR count). The van der Waals surface area contributed by atoms with Crippen molar-refractivity contribution in [3.8, 4) is 0 Å². The molecule has 0 aliphatic carbocycles. The van der Waals surface area contributed by atoms with Crippen molar-refractivity contribution in [1.29, 1.82) is 0 Å². The topological polar surface area (TPSA) is 71.4 Å². The van der Waals surface area contributed by atoms with Gasteiger partial charge in [-0.1, -0.05) is 23.9 Å². The second kappa shape index (κ2) is 7.23. The van der Waals surface area contributed by atoms with Gasteiger partial charge >= 0.3 is 0 Å². The molecule has 124 valence electrons. The number of hydrogen-bond acceptors (Lipinski definition) is 5. The molecule has 5 nitrogen and oxygen atoms in total. The predicted molar refractivity (Wildman–Crippen MR) is 94.0 cm³/mol. The van der Waals surface area contributed by atoms with E-state index in [9.17, 15) is 14.0 Å². The fourth-order valence-electron chi connectivity index (χ4n) is 2.19. The van der Waals surface area contributed by atoms with Gasteiger partial charge in [-0.3, -0.25) is 9.59 Å². The molecule has 0 saturated carbocycles. The second-order valence-electron chi connectivity index (χ2n) is 5.24. The molecule has 0 radical (unpaired) electrons. The van der Waals surface area contributed by atoms with Gasteiger partial charge in [0, 0.05) is 23.9 Å². The van der Waals surface area contributed by atoms with Gasteiger partial charge in [-0.2, -0.15) is 0 Å². The summed E-state index contributed by atoms with van der Waals surface area (Å²) in [5.41, 5.74) is 1.04. The average Bonchev–Trinajstić information content (AvgIpc) is 3.08. The van der Waals surface area contributed by atoms with E-state index in [1.54, 1.807) is 12.1 Å². The molecule has 1 aromatic heterocycles. The number of carbonyl (C=O) groups is 2. The third-order valence-corrected chi connectivity index (χ3v) is 5.40. The predicted octanol–water partition coefficient (Wildman–Crippen LogP) is 3.20. The summed E-state index contributed by atoms with van der Waals surface area (Å²) in [5.74, 6) is -1.24. The number of hydrogen-bond donors (Lipinski definition) is 1. The fourth-order valence-corrected chi connectivity index (χ4v) is 4.14. The van der Waals surface area contributed by atoms with E-state index in [0.29, 0.717) is 11.5 Å². The van der Waals surface area contributed by atoms with Crippen molar-refractivity contribution in [3.63, 3.8) is 0 Å². The molecule has 2 amide bonds. The van der Waals surface area contributed by atoms with Crippen LogP contribution in [0.5, 0.6) is 0 Å². The molecular formula is C16H14FN3O2S2. The number of halogens is 1. The maximum atomic E-state index is 13.5. The van der Waals surface area contributed by atoms with E-state index in [1.165, 1.54) is 35.2 Å². The van der Waals surface area contributed by atoms with Gasteiger partial charge in [0.2, 0.25) is 5.91 Å². The van der Waals surface area contributed by atoms with Gasteiger partial charge in [-0.15, -0.1) is 11.3 Å². The smallest absolute Gasteiger partial charge is 0.260 e. The van der Waals surface area contributed by atoms with Crippen LogP contribution in [0.25, 0.3) is 0 Å². The summed E-state index contributed by atoms with van der Waals surface area (Å²) < 4.78 is 13.5. The van der Waals surface area contributed by atoms with Crippen LogP contribution in [0.4, 0.5) is 10.1 Å². The number of aryl methyl sites for hydroxylation is 1. The van der Waals surface area contributed by atoms with Crippen molar-refractivity contribution in [2.24, 2.45) is 4.99 Å². The number of anilines is 1. The Labute approximate surface area is 146 Å². The minimum atomic E-state index is -0.562. The zero-order chi connectivity index (χ0) is 17.1. The number of benzene rings is 1. The number of nitrogens with one attached hydrogen (secondary N) is 1. The standard InChI is InChI=1S/C16H14FN3O2S2/c1-9-8-23-14(18-9)7-15-20-16(22)12(24-15)6-13(21)19-11-5-3-2-4-10(11)17/h2-5,8,12H,6-7H2,1H3,(H,19,21)/t12-/m1/s1. The van der Waals surface area contributed by atoms with Crippen LogP contribution in [0, 0.1) is 12.7 Å². The van der Waals surface area contributed by atoms with Crippen LogP contribution < -0.4 is 5.32 Å². The van der Waals surface area contributed by atoms with E-state index >= 15 is 0 Å². The second-order valence-corrected chi connectivity index (χ2v) is 7.46. The van der Waals surface area contributed by atoms with Gasteiger partial charge in [0.25, 0.3) is 5.91 Å². The maximum Gasteiger partial charge on any atom is 0.260 e. The van der Waals surface area contributed by atoms with Gasteiger partial charge in [0.05, 0.1) is 15.7 Å². The van der Waals surface area contributed by atoms with E-state index in [2.05, 4.69) is 15.3 Å². The van der Waals surface area contributed by atoms with Crippen LogP contribution in [0.2, 0.25) is 0 Å². The average molecular weight is 363 g/mol. The minimum Gasteiger partial charge on any atom is -0.324 e. The van der Waals surface area contributed by atoms with E-state index < -0.39 is 17.0 Å². The molecule has 1 atom stereocenters. The van der Waals surface area contributed by atoms with E-state index in [1.807, 2.05) is 12.3 Å². The van der Waals surface area contributed by atoms with Crippen LogP contribution in [0.3, 0.4) is 0 Å². The first-order chi connectivity index (χ1) is 11.5. The lowest BCUT2D eigenvalue weighted by Gasteiger charge is -2.08. The molecule has 0 saturated heterocycles. The fraction of sp³-hybridized carbons (Fsp3) is 0.250. The van der Waals surface area contributed by atoms with Gasteiger partial charge in [0.1, 0.15) is 11.1 Å². The Morgan fingerprint density at radius 1 is 1.38 bits per heavy atom. The van der Waals surface area contributed by atoms with Gasteiger partial charge in [-0.05, 0) is 19.1 Å². The highest BCUT2D eigenvalue weighted by atomic mass is 32.2. The van der Waals surface area contributed by atoms with E-state index in [0.717, 1.165) is 10.7 Å². The zero-order valence-electron chi connectivity index (χ0n) is 12.8. The van der Waals surface area contributed by atoms with Crippen molar-refractivity contribution in [1.82, 2.24) is 4.98 Å². The van der Waals surface area contributed by atoms with Crippen LogP contribution in [-0.4, -0.2) is 27.1 Å². The number of aromatic nitrogens is 1. The third-order valence-electron chi connectivity index (χ3n) is 3.28. The lowest BCUT2D eigenvalue weighted by atomic mass is 10.2. The monoisotopic (exact) mass is 363 g/mol. The molecule has 0 unspecified atom stereocenters. The molecule has 0 bridgehead atoms. The Morgan fingerprint density at radius 3 is 2.88 bits per heavy atom. The Kier molecular flexibility index (Phi) is 5.06. The summed E-state index contributed by atoms with van der Waals surface area (Å²) in [7, 11) is 0. The molecule has 1 aromatic carbocycles. The SMILES string of the molecule is Cc1csc(CC2=NC(=O)[C@@H](CC(=O)Nc3ccccc3F)S2)n1. The number of amides is 2. The normalized spacial score (nSPS) is 17.0. The molecule has 0 spiro atoms. The quantitative estimate of drug-likeness (QED) is 0.885. The maximum absolute atomic E-state index is 13.5. The van der Waals surface area contributed by atoms with Gasteiger partial charge in [0.15, 0.2) is 0 Å². The highest BCUT2D eigenvalue weighted by molar-refractivity contribution is 8.15. The Bertz CT molecular complexity index is 819. The zero-order valence-corrected chi connectivity index (χ0v) is 14.4. The number of carbonyl (C=O) groups excluding carboxylic acids is 2. The first kappa shape index (κ1) is 16.8. The third kappa shape index (κ3) is 4.07. The molecule has 1 aliphatic rings.